The van der Waals surface area contributed by atoms with Crippen molar-refractivity contribution in [2.75, 3.05) is 13.7 Å². The quantitative estimate of drug-likeness (QED) is 0.678. The molecule has 0 rings (SSSR count). The largest absolute Gasteiger partial charge is 0.468 e. The third-order valence-electron chi connectivity index (χ3n) is 2.30. The molecule has 0 bridgehead atoms. The molecular weight excluding hydrogens is 206 g/mol. The summed E-state index contributed by atoms with van der Waals surface area (Å²) >= 11 is 0. The fraction of sp³-hybridized carbons (Fsp3) is 0.917. The number of ether oxygens (including phenoxy) is 2. The lowest BCUT2D eigenvalue weighted by Crippen LogP contribution is -2.53. The molecule has 96 valence electrons. The van der Waals surface area contributed by atoms with Crippen molar-refractivity contribution in [1.29, 1.82) is 0 Å². The SMILES string of the molecule is COC(=O)C(C)(CCOC(C)C)NC(C)C. The smallest absolute Gasteiger partial charge is 0.325 e. The number of rotatable bonds is 7. The van der Waals surface area contributed by atoms with E-state index < -0.39 is 5.54 Å². The molecule has 1 unspecified atom stereocenters. The Morgan fingerprint density at radius 1 is 1.31 bits per heavy atom. The van der Waals surface area contributed by atoms with E-state index in [9.17, 15) is 4.79 Å². The average Bonchev–Trinajstić information content (AvgIpc) is 2.14. The molecule has 0 aromatic rings. The van der Waals surface area contributed by atoms with Crippen molar-refractivity contribution < 1.29 is 14.3 Å². The maximum atomic E-state index is 11.7. The van der Waals surface area contributed by atoms with Crippen LogP contribution in [0.5, 0.6) is 0 Å². The Labute approximate surface area is 98.7 Å². The molecule has 0 aliphatic carbocycles. The number of hydrogen-bond donors (Lipinski definition) is 1. The first-order valence-electron chi connectivity index (χ1n) is 5.79. The van der Waals surface area contributed by atoms with Crippen LogP contribution in [-0.4, -0.2) is 37.4 Å². The van der Waals surface area contributed by atoms with Crippen molar-refractivity contribution in [3.63, 3.8) is 0 Å². The molecule has 0 saturated heterocycles. The topological polar surface area (TPSA) is 47.6 Å². The lowest BCUT2D eigenvalue weighted by molar-refractivity contribution is -0.149. The van der Waals surface area contributed by atoms with Crippen molar-refractivity contribution in [1.82, 2.24) is 5.32 Å². The van der Waals surface area contributed by atoms with E-state index in [1.54, 1.807) is 0 Å². The van der Waals surface area contributed by atoms with Gasteiger partial charge in [-0.2, -0.15) is 0 Å². The van der Waals surface area contributed by atoms with Crippen LogP contribution in [0.25, 0.3) is 0 Å². The molecule has 0 aromatic carbocycles. The zero-order chi connectivity index (χ0) is 12.8. The highest BCUT2D eigenvalue weighted by Crippen LogP contribution is 2.13. The molecule has 0 amide bonds. The molecule has 0 aromatic heterocycles. The zero-order valence-corrected chi connectivity index (χ0v) is 11.3. The van der Waals surface area contributed by atoms with Gasteiger partial charge in [0.2, 0.25) is 0 Å². The fourth-order valence-corrected chi connectivity index (χ4v) is 1.59. The Morgan fingerprint density at radius 3 is 2.25 bits per heavy atom. The van der Waals surface area contributed by atoms with Gasteiger partial charge in [0.1, 0.15) is 5.54 Å². The molecular formula is C12H25NO3. The summed E-state index contributed by atoms with van der Waals surface area (Å²) in [6.45, 7) is 10.4. The molecule has 0 spiro atoms. The third kappa shape index (κ3) is 5.47. The van der Waals surface area contributed by atoms with Gasteiger partial charge >= 0.3 is 5.97 Å². The highest BCUT2D eigenvalue weighted by molar-refractivity contribution is 5.80. The number of nitrogens with one attached hydrogen (secondary N) is 1. The highest BCUT2D eigenvalue weighted by Gasteiger charge is 2.34. The van der Waals surface area contributed by atoms with Gasteiger partial charge in [0.05, 0.1) is 13.2 Å². The van der Waals surface area contributed by atoms with Crippen LogP contribution in [0.1, 0.15) is 41.0 Å². The Balaban J connectivity index is 4.36. The van der Waals surface area contributed by atoms with Crippen molar-refractivity contribution in [3.8, 4) is 0 Å². The minimum Gasteiger partial charge on any atom is -0.468 e. The van der Waals surface area contributed by atoms with Crippen LogP contribution in [-0.2, 0) is 14.3 Å². The van der Waals surface area contributed by atoms with E-state index >= 15 is 0 Å². The monoisotopic (exact) mass is 231 g/mol. The lowest BCUT2D eigenvalue weighted by atomic mass is 9.97. The summed E-state index contributed by atoms with van der Waals surface area (Å²) in [4.78, 5) is 11.7. The summed E-state index contributed by atoms with van der Waals surface area (Å²) in [6, 6.07) is 0.225. The predicted octanol–water partition coefficient (Wildman–Crippen LogP) is 1.73. The van der Waals surface area contributed by atoms with Gasteiger partial charge < -0.3 is 9.47 Å². The Kier molecular flexibility index (Phi) is 6.60. The Bertz CT molecular complexity index is 216. The third-order valence-corrected chi connectivity index (χ3v) is 2.30. The maximum Gasteiger partial charge on any atom is 0.325 e. The van der Waals surface area contributed by atoms with Gasteiger partial charge in [-0.25, -0.2) is 0 Å². The highest BCUT2D eigenvalue weighted by atomic mass is 16.5. The Hall–Kier alpha value is -0.610. The van der Waals surface area contributed by atoms with Gasteiger partial charge in [-0.15, -0.1) is 0 Å². The van der Waals surface area contributed by atoms with Crippen LogP contribution >= 0.6 is 0 Å². The minimum absolute atomic E-state index is 0.181. The van der Waals surface area contributed by atoms with E-state index in [-0.39, 0.29) is 18.1 Å². The molecule has 0 radical (unpaired) electrons. The lowest BCUT2D eigenvalue weighted by Gasteiger charge is -2.30. The van der Waals surface area contributed by atoms with Gasteiger partial charge in [-0.1, -0.05) is 0 Å². The van der Waals surface area contributed by atoms with E-state index in [2.05, 4.69) is 5.32 Å². The second-order valence-electron chi connectivity index (χ2n) is 4.79. The van der Waals surface area contributed by atoms with Gasteiger partial charge in [-0.05, 0) is 41.0 Å². The van der Waals surface area contributed by atoms with E-state index in [0.717, 1.165) is 0 Å². The molecule has 1 atom stereocenters. The summed E-state index contributed by atoms with van der Waals surface area (Å²) in [5, 5.41) is 3.23. The number of carbonyl (C=O) groups excluding carboxylic acids is 1. The number of hydrogen-bond acceptors (Lipinski definition) is 4. The van der Waals surface area contributed by atoms with Crippen LogP contribution < -0.4 is 5.32 Å². The van der Waals surface area contributed by atoms with Gasteiger partial charge in [0.25, 0.3) is 0 Å². The first-order valence-corrected chi connectivity index (χ1v) is 5.79. The summed E-state index contributed by atoms with van der Waals surface area (Å²) < 4.78 is 10.3. The molecule has 0 fully saturated rings. The van der Waals surface area contributed by atoms with E-state index in [4.69, 9.17) is 9.47 Å². The van der Waals surface area contributed by atoms with Crippen molar-refractivity contribution in [3.05, 3.63) is 0 Å². The summed E-state index contributed by atoms with van der Waals surface area (Å²) in [5.74, 6) is -0.242. The van der Waals surface area contributed by atoms with Crippen LogP contribution in [0.15, 0.2) is 0 Å². The van der Waals surface area contributed by atoms with Crippen LogP contribution in [0, 0.1) is 0 Å². The number of esters is 1. The summed E-state index contributed by atoms with van der Waals surface area (Å²) in [7, 11) is 1.41. The Morgan fingerprint density at radius 2 is 1.88 bits per heavy atom. The van der Waals surface area contributed by atoms with Crippen LogP contribution in [0.2, 0.25) is 0 Å². The fourth-order valence-electron chi connectivity index (χ4n) is 1.59. The van der Waals surface area contributed by atoms with Gasteiger partial charge in [0, 0.05) is 12.6 Å². The molecule has 0 heterocycles. The molecule has 16 heavy (non-hydrogen) atoms. The average molecular weight is 231 g/mol. The molecule has 0 aliphatic heterocycles. The van der Waals surface area contributed by atoms with E-state index in [1.165, 1.54) is 7.11 Å². The van der Waals surface area contributed by atoms with Gasteiger partial charge in [-0.3, -0.25) is 10.1 Å². The van der Waals surface area contributed by atoms with Gasteiger partial charge in [0.15, 0.2) is 0 Å². The number of methoxy groups -OCH3 is 1. The second-order valence-corrected chi connectivity index (χ2v) is 4.79. The first kappa shape index (κ1) is 15.4. The zero-order valence-electron chi connectivity index (χ0n) is 11.3. The number of carbonyl (C=O) groups is 1. The van der Waals surface area contributed by atoms with E-state index in [0.29, 0.717) is 13.0 Å². The molecule has 1 N–H and O–H groups in total. The first-order chi connectivity index (χ1) is 7.31. The normalized spacial score (nSPS) is 15.2. The molecule has 0 saturated carbocycles. The summed E-state index contributed by atoms with van der Waals surface area (Å²) in [6.07, 6.45) is 0.789. The summed E-state index contributed by atoms with van der Waals surface area (Å²) in [5.41, 5.74) is -0.669. The maximum absolute atomic E-state index is 11.7. The van der Waals surface area contributed by atoms with E-state index in [1.807, 2.05) is 34.6 Å². The van der Waals surface area contributed by atoms with Crippen LogP contribution in [0.3, 0.4) is 0 Å². The van der Waals surface area contributed by atoms with Crippen molar-refractivity contribution in [2.24, 2.45) is 0 Å². The standard InChI is InChI=1S/C12H25NO3/c1-9(2)13-12(5,11(14)15-6)7-8-16-10(3)4/h9-10,13H,7-8H2,1-6H3. The second kappa shape index (κ2) is 6.86. The molecule has 4 heteroatoms. The minimum atomic E-state index is -0.669. The predicted molar refractivity (Wildman–Crippen MR) is 64.4 cm³/mol. The molecule has 0 aliphatic rings. The van der Waals surface area contributed by atoms with Crippen LogP contribution in [0.4, 0.5) is 0 Å². The van der Waals surface area contributed by atoms with Crippen molar-refractivity contribution >= 4 is 5.97 Å². The molecule has 4 nitrogen and oxygen atoms in total. The van der Waals surface area contributed by atoms with Crippen molar-refractivity contribution in [2.45, 2.75) is 58.7 Å².